The van der Waals surface area contributed by atoms with Crippen LogP contribution in [-0.2, 0) is 4.79 Å². The predicted molar refractivity (Wildman–Crippen MR) is 76.6 cm³/mol. The molecule has 15 heavy (non-hydrogen) atoms. The third kappa shape index (κ3) is 5.96. The van der Waals surface area contributed by atoms with Crippen LogP contribution in [0, 0.1) is 0 Å². The Bertz CT molecular complexity index is 230. The summed E-state index contributed by atoms with van der Waals surface area (Å²) < 4.78 is -0.853. The second-order valence-corrected chi connectivity index (χ2v) is 15.1. The van der Waals surface area contributed by atoms with Gasteiger partial charge in [0.1, 0.15) is 3.42 Å². The van der Waals surface area contributed by atoms with Gasteiger partial charge in [0.15, 0.2) is 0 Å². The summed E-state index contributed by atoms with van der Waals surface area (Å²) in [5, 5.41) is 9.00. The van der Waals surface area contributed by atoms with E-state index in [1.54, 1.807) is 6.92 Å². The molecule has 7 heteroatoms. The summed E-state index contributed by atoms with van der Waals surface area (Å²) in [6.45, 7) is 3.66. The van der Waals surface area contributed by atoms with Gasteiger partial charge in [-0.2, -0.15) is 0 Å². The van der Waals surface area contributed by atoms with Crippen molar-refractivity contribution in [1.29, 1.82) is 0 Å². The summed E-state index contributed by atoms with van der Waals surface area (Å²) in [4.78, 5) is 11.0. The molecular weight excluding hydrogens is 389 g/mol. The van der Waals surface area contributed by atoms with E-state index in [-0.39, 0.29) is 5.54 Å². The normalized spacial score (nSPS) is 18.3. The van der Waals surface area contributed by atoms with Crippen molar-refractivity contribution in [2.24, 2.45) is 0 Å². The second kappa shape index (κ2) is 6.28. The summed E-state index contributed by atoms with van der Waals surface area (Å²) >= 11 is 19.8. The molecule has 0 aliphatic heterocycles. The van der Waals surface area contributed by atoms with Gasteiger partial charge in [0, 0.05) is 0 Å². The van der Waals surface area contributed by atoms with Gasteiger partial charge in [-0.3, -0.25) is 4.79 Å². The smallest absolute Gasteiger partial charge is 0.344 e. The lowest BCUT2D eigenvalue weighted by Crippen LogP contribution is -2.33. The minimum absolute atomic E-state index is 0.0921. The quantitative estimate of drug-likeness (QED) is 0.307. The number of aliphatic carboxylic acids is 1. The van der Waals surface area contributed by atoms with Crippen LogP contribution in [0.1, 0.15) is 33.1 Å². The molecule has 0 spiro atoms. The molecule has 0 aromatic carbocycles. The molecule has 0 aliphatic carbocycles. The lowest BCUT2D eigenvalue weighted by Gasteiger charge is -2.27. The van der Waals surface area contributed by atoms with E-state index in [1.165, 1.54) is 0 Å². The van der Waals surface area contributed by atoms with E-state index in [0.29, 0.717) is 6.42 Å². The Morgan fingerprint density at radius 2 is 2.00 bits per heavy atom. The van der Waals surface area contributed by atoms with Crippen LogP contribution in [0.15, 0.2) is 0 Å². The zero-order valence-corrected chi connectivity index (χ0v) is 14.0. The lowest BCUT2D eigenvalue weighted by molar-refractivity contribution is -0.139. The van der Waals surface area contributed by atoms with Gasteiger partial charge >= 0.3 is 12.0 Å². The molecule has 0 rings (SSSR count). The second-order valence-electron chi connectivity index (χ2n) is 3.73. The number of hydrogen-bond donors (Lipinski definition) is 1. The highest BCUT2D eigenvalue weighted by atomic mass is 127. The molecule has 1 N–H and O–H groups in total. The van der Waals surface area contributed by atoms with Gasteiger partial charge in [0.25, 0.3) is 0 Å². The van der Waals surface area contributed by atoms with E-state index >= 15 is 0 Å². The number of carboxylic acid groups (broad SMARTS) is 1. The highest BCUT2D eigenvalue weighted by Crippen LogP contribution is 2.44. The van der Waals surface area contributed by atoms with Crippen molar-refractivity contribution in [3.05, 3.63) is 0 Å². The van der Waals surface area contributed by atoms with Gasteiger partial charge in [-0.1, -0.05) is 35.9 Å². The topological polar surface area (TPSA) is 37.3 Å². The van der Waals surface area contributed by atoms with E-state index in [9.17, 15) is 4.79 Å². The van der Waals surface area contributed by atoms with Crippen LogP contribution < -0.4 is 0 Å². The summed E-state index contributed by atoms with van der Waals surface area (Å²) in [7, 11) is 0. The van der Waals surface area contributed by atoms with Crippen molar-refractivity contribution in [1.82, 2.24) is 0 Å². The number of alkyl halides is 1. The molecule has 0 fully saturated rings. The molecule has 0 aliphatic rings. The Balaban J connectivity index is 4.62. The molecule has 0 amide bonds. The Hall–Kier alpha value is 1.29. The molecule has 0 saturated heterocycles. The van der Waals surface area contributed by atoms with E-state index in [2.05, 4.69) is 0 Å². The van der Waals surface area contributed by atoms with Crippen LogP contribution in [0.4, 0.5) is 0 Å². The standard InChI is InChI=1S/C8H14Cl3IO2Si/c1-3-4-6(15(9,10)11)5-8(2,12)7(13)14/h6H,3-5H2,1-2H3,(H,13,14). The monoisotopic (exact) mass is 402 g/mol. The molecule has 0 bridgehead atoms. The first-order valence-electron chi connectivity index (χ1n) is 4.60. The van der Waals surface area contributed by atoms with Crippen LogP contribution in [0.25, 0.3) is 0 Å². The van der Waals surface area contributed by atoms with Gasteiger partial charge in [0.05, 0.1) is 0 Å². The highest BCUT2D eigenvalue weighted by molar-refractivity contribution is 14.1. The fraction of sp³-hybridized carbons (Fsp3) is 0.875. The van der Waals surface area contributed by atoms with Crippen LogP contribution >= 0.6 is 55.8 Å². The Morgan fingerprint density at radius 3 is 2.27 bits per heavy atom. The SMILES string of the molecule is CCCC(CC(C)(I)C(=O)O)[Si](Cl)(Cl)Cl. The van der Waals surface area contributed by atoms with E-state index in [4.69, 9.17) is 38.3 Å². The predicted octanol–water partition coefficient (Wildman–Crippen LogP) is 4.48. The Kier molecular flexibility index (Phi) is 6.82. The maximum Gasteiger partial charge on any atom is 0.344 e. The fourth-order valence-electron chi connectivity index (χ4n) is 1.28. The molecule has 2 unspecified atom stereocenters. The first-order valence-corrected chi connectivity index (χ1v) is 10.8. The van der Waals surface area contributed by atoms with Crippen LogP contribution in [0.2, 0.25) is 5.54 Å². The average Bonchev–Trinajstić information content (AvgIpc) is 2.01. The molecular formula is C8H14Cl3IO2Si. The van der Waals surface area contributed by atoms with Gasteiger partial charge in [-0.25, -0.2) is 0 Å². The van der Waals surface area contributed by atoms with Crippen molar-refractivity contribution < 1.29 is 9.90 Å². The number of rotatable bonds is 6. The number of carboxylic acids is 1. The van der Waals surface area contributed by atoms with Crippen molar-refractivity contribution in [2.75, 3.05) is 0 Å². The molecule has 0 radical (unpaired) electrons. The van der Waals surface area contributed by atoms with Crippen molar-refractivity contribution in [3.63, 3.8) is 0 Å². The molecule has 0 aromatic rings. The van der Waals surface area contributed by atoms with Crippen LogP contribution in [0.5, 0.6) is 0 Å². The Labute approximate surface area is 119 Å². The molecule has 2 atom stereocenters. The summed E-state index contributed by atoms with van der Waals surface area (Å²) in [6.07, 6.45) is 2.09. The summed E-state index contributed by atoms with van der Waals surface area (Å²) in [5.74, 6) is -0.854. The largest absolute Gasteiger partial charge is 0.480 e. The minimum Gasteiger partial charge on any atom is -0.480 e. The number of carbonyl (C=O) groups is 1. The van der Waals surface area contributed by atoms with Crippen LogP contribution in [0.3, 0.4) is 0 Å². The third-order valence-corrected chi connectivity index (χ3v) is 7.27. The van der Waals surface area contributed by atoms with Crippen molar-refractivity contribution in [2.45, 2.75) is 42.1 Å². The van der Waals surface area contributed by atoms with Gasteiger partial charge < -0.3 is 5.11 Å². The number of hydrogen-bond acceptors (Lipinski definition) is 1. The van der Waals surface area contributed by atoms with Crippen molar-refractivity contribution >= 4 is 67.8 Å². The molecule has 2 nitrogen and oxygen atoms in total. The molecule has 90 valence electrons. The minimum atomic E-state index is -2.81. The van der Waals surface area contributed by atoms with Gasteiger partial charge in [-0.15, -0.1) is 33.2 Å². The first kappa shape index (κ1) is 16.3. The van der Waals surface area contributed by atoms with Crippen LogP contribution in [-0.4, -0.2) is 20.5 Å². The maximum absolute atomic E-state index is 11.0. The van der Waals surface area contributed by atoms with Gasteiger partial charge in [-0.05, 0) is 25.3 Å². The summed E-state index contributed by atoms with van der Waals surface area (Å²) in [5.41, 5.74) is -0.0921. The van der Waals surface area contributed by atoms with Gasteiger partial charge in [0.2, 0.25) is 0 Å². The lowest BCUT2D eigenvalue weighted by atomic mass is 10.0. The maximum atomic E-state index is 11.0. The number of halogens is 4. The average molecular weight is 404 g/mol. The zero-order valence-electron chi connectivity index (χ0n) is 8.57. The third-order valence-electron chi connectivity index (χ3n) is 2.18. The molecule has 0 saturated carbocycles. The zero-order chi connectivity index (χ0) is 12.3. The van der Waals surface area contributed by atoms with Crippen molar-refractivity contribution in [3.8, 4) is 0 Å². The van der Waals surface area contributed by atoms with E-state index in [0.717, 1.165) is 12.8 Å². The molecule has 0 aromatic heterocycles. The Morgan fingerprint density at radius 1 is 1.53 bits per heavy atom. The van der Waals surface area contributed by atoms with E-state index in [1.807, 2.05) is 29.5 Å². The first-order chi connectivity index (χ1) is 6.61. The summed E-state index contributed by atoms with van der Waals surface area (Å²) in [6, 6.07) is -2.81. The molecule has 0 heterocycles. The van der Waals surface area contributed by atoms with E-state index < -0.39 is 15.4 Å². The fourth-order valence-corrected chi connectivity index (χ4v) is 5.16. The highest BCUT2D eigenvalue weighted by Gasteiger charge is 2.42.